The Bertz CT molecular complexity index is 423. The van der Waals surface area contributed by atoms with Crippen LogP contribution in [0.1, 0.15) is 26.3 Å². The molecule has 0 heterocycles. The quantitative estimate of drug-likeness (QED) is 0.813. The van der Waals surface area contributed by atoms with Gasteiger partial charge in [0, 0.05) is 18.4 Å². The van der Waals surface area contributed by atoms with Crippen LogP contribution in [-0.2, 0) is 16.1 Å². The van der Waals surface area contributed by atoms with Crippen molar-refractivity contribution in [2.45, 2.75) is 33.0 Å². The molecule has 0 saturated heterocycles. The van der Waals surface area contributed by atoms with E-state index in [1.165, 1.54) is 13.2 Å². The van der Waals surface area contributed by atoms with E-state index in [-0.39, 0.29) is 12.4 Å². The van der Waals surface area contributed by atoms with Gasteiger partial charge in [0.2, 0.25) is 0 Å². The zero-order valence-electron chi connectivity index (χ0n) is 11.1. The standard InChI is InChI=1S/C13H19NO4/c1-13(2,3)18-12(16)14-10-5-6-11(15)9(7-10)8-17-4/h5-7,15H,8H2,1-4H3,(H,14,16). The molecule has 1 aromatic rings. The molecule has 5 heteroatoms. The number of hydrogen-bond donors (Lipinski definition) is 2. The Balaban J connectivity index is 2.73. The van der Waals surface area contributed by atoms with E-state index < -0.39 is 11.7 Å². The molecule has 0 aliphatic rings. The van der Waals surface area contributed by atoms with Gasteiger partial charge < -0.3 is 14.6 Å². The molecule has 100 valence electrons. The Morgan fingerprint density at radius 3 is 2.61 bits per heavy atom. The van der Waals surface area contributed by atoms with Gasteiger partial charge in [-0.15, -0.1) is 0 Å². The van der Waals surface area contributed by atoms with E-state index in [1.807, 2.05) is 0 Å². The van der Waals surface area contributed by atoms with Crippen molar-refractivity contribution in [3.63, 3.8) is 0 Å². The zero-order valence-corrected chi connectivity index (χ0v) is 11.1. The number of phenolic OH excluding ortho intramolecular Hbond substituents is 1. The summed E-state index contributed by atoms with van der Waals surface area (Å²) in [5, 5.41) is 12.2. The molecule has 0 aromatic heterocycles. The van der Waals surface area contributed by atoms with Crippen molar-refractivity contribution < 1.29 is 19.4 Å². The van der Waals surface area contributed by atoms with Gasteiger partial charge in [-0.1, -0.05) is 0 Å². The van der Waals surface area contributed by atoms with Crippen LogP contribution >= 0.6 is 0 Å². The summed E-state index contributed by atoms with van der Waals surface area (Å²) in [5.74, 6) is 0.131. The molecule has 0 fully saturated rings. The number of carbonyl (C=O) groups is 1. The third kappa shape index (κ3) is 4.63. The van der Waals surface area contributed by atoms with Crippen LogP contribution in [0.2, 0.25) is 0 Å². The third-order valence-electron chi connectivity index (χ3n) is 2.02. The average molecular weight is 253 g/mol. The summed E-state index contributed by atoms with van der Waals surface area (Å²) in [6.07, 6.45) is -0.531. The van der Waals surface area contributed by atoms with Gasteiger partial charge in [0.05, 0.1) is 6.61 Å². The Morgan fingerprint density at radius 1 is 1.39 bits per heavy atom. The minimum absolute atomic E-state index is 0.131. The molecule has 1 rings (SSSR count). The molecule has 0 saturated carbocycles. The van der Waals surface area contributed by atoms with Crippen LogP contribution in [0.4, 0.5) is 10.5 Å². The first kappa shape index (κ1) is 14.3. The molecule has 1 aromatic carbocycles. The van der Waals surface area contributed by atoms with Gasteiger partial charge in [-0.05, 0) is 39.0 Å². The van der Waals surface area contributed by atoms with E-state index >= 15 is 0 Å². The lowest BCUT2D eigenvalue weighted by Gasteiger charge is -2.19. The van der Waals surface area contributed by atoms with E-state index in [1.54, 1.807) is 32.9 Å². The van der Waals surface area contributed by atoms with Gasteiger partial charge in [-0.25, -0.2) is 4.79 Å². The number of ether oxygens (including phenoxy) is 2. The number of hydrogen-bond acceptors (Lipinski definition) is 4. The second-order valence-corrected chi connectivity index (χ2v) is 4.90. The molecule has 0 spiro atoms. The fourth-order valence-corrected chi connectivity index (χ4v) is 1.36. The molecule has 2 N–H and O–H groups in total. The zero-order chi connectivity index (χ0) is 13.8. The minimum atomic E-state index is -0.545. The van der Waals surface area contributed by atoms with E-state index in [2.05, 4.69) is 5.32 Å². The normalized spacial score (nSPS) is 11.1. The number of carbonyl (C=O) groups excluding carboxylic acids is 1. The lowest BCUT2D eigenvalue weighted by Crippen LogP contribution is -2.27. The SMILES string of the molecule is COCc1cc(NC(=O)OC(C)(C)C)ccc1O. The van der Waals surface area contributed by atoms with Crippen LogP contribution < -0.4 is 5.32 Å². The van der Waals surface area contributed by atoms with Crippen LogP contribution in [0, 0.1) is 0 Å². The Morgan fingerprint density at radius 2 is 2.06 bits per heavy atom. The van der Waals surface area contributed by atoms with E-state index in [0.29, 0.717) is 11.3 Å². The lowest BCUT2D eigenvalue weighted by molar-refractivity contribution is 0.0636. The van der Waals surface area contributed by atoms with E-state index in [9.17, 15) is 9.90 Å². The minimum Gasteiger partial charge on any atom is -0.508 e. The van der Waals surface area contributed by atoms with Crippen LogP contribution in [-0.4, -0.2) is 23.9 Å². The first-order valence-electron chi connectivity index (χ1n) is 5.62. The van der Waals surface area contributed by atoms with Gasteiger partial charge in [-0.3, -0.25) is 5.32 Å². The average Bonchev–Trinajstić information content (AvgIpc) is 2.20. The molecule has 0 atom stereocenters. The summed E-state index contributed by atoms with van der Waals surface area (Å²) < 4.78 is 10.1. The number of benzene rings is 1. The van der Waals surface area contributed by atoms with Gasteiger partial charge >= 0.3 is 6.09 Å². The van der Waals surface area contributed by atoms with Crippen molar-refractivity contribution in [3.8, 4) is 5.75 Å². The first-order valence-corrected chi connectivity index (χ1v) is 5.62. The van der Waals surface area contributed by atoms with Crippen LogP contribution in [0.25, 0.3) is 0 Å². The Labute approximate surface area is 107 Å². The smallest absolute Gasteiger partial charge is 0.412 e. The fraction of sp³-hybridized carbons (Fsp3) is 0.462. The van der Waals surface area contributed by atoms with Crippen LogP contribution in [0.3, 0.4) is 0 Å². The predicted molar refractivity (Wildman–Crippen MR) is 68.7 cm³/mol. The highest BCUT2D eigenvalue weighted by Crippen LogP contribution is 2.22. The summed E-state index contributed by atoms with van der Waals surface area (Å²) >= 11 is 0. The van der Waals surface area contributed by atoms with Crippen molar-refractivity contribution in [3.05, 3.63) is 23.8 Å². The van der Waals surface area contributed by atoms with Crippen LogP contribution in [0.5, 0.6) is 5.75 Å². The highest BCUT2D eigenvalue weighted by atomic mass is 16.6. The largest absolute Gasteiger partial charge is 0.508 e. The summed E-state index contributed by atoms with van der Waals surface area (Å²) in [7, 11) is 1.54. The number of aromatic hydroxyl groups is 1. The number of phenols is 1. The summed E-state index contributed by atoms with van der Waals surface area (Å²) in [5.41, 5.74) is 0.608. The second-order valence-electron chi connectivity index (χ2n) is 4.90. The van der Waals surface area contributed by atoms with Gasteiger partial charge in [-0.2, -0.15) is 0 Å². The lowest BCUT2D eigenvalue weighted by atomic mass is 10.2. The molecule has 0 unspecified atom stereocenters. The molecule has 5 nitrogen and oxygen atoms in total. The predicted octanol–water partition coefficient (Wildman–Crippen LogP) is 2.89. The topological polar surface area (TPSA) is 67.8 Å². The number of amides is 1. The number of rotatable bonds is 3. The van der Waals surface area contributed by atoms with Crippen molar-refractivity contribution in [1.82, 2.24) is 0 Å². The van der Waals surface area contributed by atoms with E-state index in [0.717, 1.165) is 0 Å². The molecule has 0 aliphatic heterocycles. The van der Waals surface area contributed by atoms with Crippen LogP contribution in [0.15, 0.2) is 18.2 Å². The second kappa shape index (κ2) is 5.73. The van der Waals surface area contributed by atoms with Gasteiger partial charge in [0.1, 0.15) is 11.4 Å². The molecule has 18 heavy (non-hydrogen) atoms. The number of anilines is 1. The number of methoxy groups -OCH3 is 1. The molecule has 0 bridgehead atoms. The molecule has 1 amide bonds. The fourth-order valence-electron chi connectivity index (χ4n) is 1.36. The van der Waals surface area contributed by atoms with Crippen molar-refractivity contribution in [1.29, 1.82) is 0 Å². The molecule has 0 radical (unpaired) electrons. The van der Waals surface area contributed by atoms with Crippen molar-refractivity contribution in [2.24, 2.45) is 0 Å². The third-order valence-corrected chi connectivity index (χ3v) is 2.02. The van der Waals surface area contributed by atoms with Gasteiger partial charge in [0.25, 0.3) is 0 Å². The maximum atomic E-state index is 11.6. The molecular weight excluding hydrogens is 234 g/mol. The molecular formula is C13H19NO4. The number of nitrogens with one attached hydrogen (secondary N) is 1. The summed E-state index contributed by atoms with van der Waals surface area (Å²) in [6.45, 7) is 5.65. The highest BCUT2D eigenvalue weighted by molar-refractivity contribution is 5.85. The maximum Gasteiger partial charge on any atom is 0.412 e. The maximum absolute atomic E-state index is 11.6. The first-order chi connectivity index (χ1) is 8.31. The van der Waals surface area contributed by atoms with E-state index in [4.69, 9.17) is 9.47 Å². The Hall–Kier alpha value is -1.75. The molecule has 0 aliphatic carbocycles. The Kier molecular flexibility index (Phi) is 4.55. The van der Waals surface area contributed by atoms with Gasteiger partial charge in [0.15, 0.2) is 0 Å². The summed E-state index contributed by atoms with van der Waals surface area (Å²) in [4.78, 5) is 11.6. The van der Waals surface area contributed by atoms with Crippen molar-refractivity contribution >= 4 is 11.8 Å². The highest BCUT2D eigenvalue weighted by Gasteiger charge is 2.16. The van der Waals surface area contributed by atoms with Crippen molar-refractivity contribution in [2.75, 3.05) is 12.4 Å². The monoisotopic (exact) mass is 253 g/mol. The summed E-state index contributed by atoms with van der Waals surface area (Å²) in [6, 6.07) is 4.74.